The van der Waals surface area contributed by atoms with E-state index < -0.39 is 0 Å². The Balaban J connectivity index is 0.00000180. The van der Waals surface area contributed by atoms with Crippen molar-refractivity contribution in [3.05, 3.63) is 0 Å². The van der Waals surface area contributed by atoms with Gasteiger partial charge in [0, 0.05) is 32.2 Å². The van der Waals surface area contributed by atoms with E-state index in [0.717, 1.165) is 32.5 Å². The average molecular weight is 328 g/mol. The Hall–Kier alpha value is -0.0700. The summed E-state index contributed by atoms with van der Waals surface area (Å²) in [5.74, 6) is 0.0520. The quantitative estimate of drug-likeness (QED) is 0.802. The van der Waals surface area contributed by atoms with E-state index in [9.17, 15) is 4.79 Å². The van der Waals surface area contributed by atoms with Crippen LogP contribution in [0.25, 0.3) is 0 Å². The number of carbonyl (C=O) groups excluding carboxylic acids is 1. The zero-order valence-electron chi connectivity index (χ0n) is 12.1. The van der Waals surface area contributed by atoms with Gasteiger partial charge in [0.1, 0.15) is 6.10 Å². The maximum absolute atomic E-state index is 12.0. The van der Waals surface area contributed by atoms with Crippen molar-refractivity contribution in [3.63, 3.8) is 0 Å². The third kappa shape index (κ3) is 6.14. The number of halogens is 2. The number of hydrogen-bond donors (Lipinski definition) is 2. The highest BCUT2D eigenvalue weighted by Gasteiger charge is 2.26. The molecule has 1 unspecified atom stereocenters. The summed E-state index contributed by atoms with van der Waals surface area (Å²) in [5, 5.41) is 6.30. The molecular formula is C13H27Cl2N3O2. The highest BCUT2D eigenvalue weighted by atomic mass is 35.5. The van der Waals surface area contributed by atoms with Gasteiger partial charge < -0.3 is 20.3 Å². The Morgan fingerprint density at radius 1 is 1.35 bits per heavy atom. The SMILES string of the molecule is CCCN1CCC(NC(=O)C2CNCCO2)CC1.Cl.Cl. The Morgan fingerprint density at radius 3 is 2.60 bits per heavy atom. The number of hydrogen-bond acceptors (Lipinski definition) is 4. The van der Waals surface area contributed by atoms with Gasteiger partial charge in [-0.2, -0.15) is 0 Å². The summed E-state index contributed by atoms with van der Waals surface area (Å²) in [4.78, 5) is 14.5. The van der Waals surface area contributed by atoms with Crippen molar-refractivity contribution in [2.75, 3.05) is 39.3 Å². The lowest BCUT2D eigenvalue weighted by Crippen LogP contribution is -2.52. The fourth-order valence-electron chi connectivity index (χ4n) is 2.65. The third-order valence-corrected chi connectivity index (χ3v) is 3.69. The van der Waals surface area contributed by atoms with Crippen molar-refractivity contribution in [3.8, 4) is 0 Å². The fourth-order valence-corrected chi connectivity index (χ4v) is 2.65. The van der Waals surface area contributed by atoms with Crippen LogP contribution in [0.3, 0.4) is 0 Å². The summed E-state index contributed by atoms with van der Waals surface area (Å²) < 4.78 is 5.46. The standard InChI is InChI=1S/C13H25N3O2.2ClH/c1-2-6-16-7-3-11(4-8-16)15-13(17)12-10-14-5-9-18-12;;/h11-12,14H,2-10H2,1H3,(H,15,17);2*1H. The molecule has 2 rings (SSSR count). The number of rotatable bonds is 4. The lowest BCUT2D eigenvalue weighted by Gasteiger charge is -2.33. The van der Waals surface area contributed by atoms with Gasteiger partial charge in [0.2, 0.25) is 0 Å². The molecule has 2 N–H and O–H groups in total. The minimum Gasteiger partial charge on any atom is -0.366 e. The monoisotopic (exact) mass is 327 g/mol. The van der Waals surface area contributed by atoms with Crippen LogP contribution < -0.4 is 10.6 Å². The lowest BCUT2D eigenvalue weighted by atomic mass is 10.0. The predicted molar refractivity (Wildman–Crippen MR) is 85.0 cm³/mol. The molecule has 2 fully saturated rings. The number of likely N-dealkylation sites (tertiary alicyclic amines) is 1. The Kier molecular flexibility index (Phi) is 10.6. The molecule has 0 aromatic carbocycles. The average Bonchev–Trinajstić information content (AvgIpc) is 2.42. The molecule has 0 aromatic heterocycles. The Labute approximate surface area is 134 Å². The van der Waals surface area contributed by atoms with Crippen LogP contribution in [0.1, 0.15) is 26.2 Å². The molecule has 0 bridgehead atoms. The number of amides is 1. The topological polar surface area (TPSA) is 53.6 Å². The normalized spacial score (nSPS) is 24.4. The number of nitrogens with zero attached hydrogens (tertiary/aromatic N) is 1. The second-order valence-corrected chi connectivity index (χ2v) is 5.19. The Bertz CT molecular complexity index is 268. The predicted octanol–water partition coefficient (Wildman–Crippen LogP) is 0.809. The fraction of sp³-hybridized carbons (Fsp3) is 0.923. The number of nitrogens with one attached hydrogen (secondary N) is 2. The first-order valence-electron chi connectivity index (χ1n) is 7.14. The van der Waals surface area contributed by atoms with Crippen LogP contribution in [0.4, 0.5) is 0 Å². The number of ether oxygens (including phenoxy) is 1. The van der Waals surface area contributed by atoms with Gasteiger partial charge in [-0.1, -0.05) is 6.92 Å². The molecule has 120 valence electrons. The molecule has 0 radical (unpaired) electrons. The maximum Gasteiger partial charge on any atom is 0.250 e. The van der Waals surface area contributed by atoms with Crippen molar-refractivity contribution in [2.24, 2.45) is 0 Å². The van der Waals surface area contributed by atoms with E-state index >= 15 is 0 Å². The van der Waals surface area contributed by atoms with E-state index in [1.54, 1.807) is 0 Å². The van der Waals surface area contributed by atoms with Crippen LogP contribution in [-0.2, 0) is 9.53 Å². The van der Waals surface area contributed by atoms with Crippen molar-refractivity contribution in [1.29, 1.82) is 0 Å². The first-order valence-corrected chi connectivity index (χ1v) is 7.14. The molecule has 2 aliphatic heterocycles. The molecule has 0 saturated carbocycles. The van der Waals surface area contributed by atoms with E-state index in [2.05, 4.69) is 22.5 Å². The van der Waals surface area contributed by atoms with Crippen LogP contribution >= 0.6 is 24.8 Å². The van der Waals surface area contributed by atoms with Crippen LogP contribution in [0.2, 0.25) is 0 Å². The molecule has 1 atom stereocenters. The summed E-state index contributed by atoms with van der Waals surface area (Å²) in [5.41, 5.74) is 0. The highest BCUT2D eigenvalue weighted by Crippen LogP contribution is 2.11. The maximum atomic E-state index is 12.0. The van der Waals surface area contributed by atoms with Gasteiger partial charge >= 0.3 is 0 Å². The van der Waals surface area contributed by atoms with E-state index in [0.29, 0.717) is 19.2 Å². The van der Waals surface area contributed by atoms with Crippen LogP contribution in [0.5, 0.6) is 0 Å². The van der Waals surface area contributed by atoms with Gasteiger partial charge in [-0.3, -0.25) is 4.79 Å². The molecule has 2 heterocycles. The highest BCUT2D eigenvalue weighted by molar-refractivity contribution is 5.85. The van der Waals surface area contributed by atoms with Crippen molar-refractivity contribution < 1.29 is 9.53 Å². The van der Waals surface area contributed by atoms with Gasteiger partial charge in [-0.05, 0) is 25.8 Å². The number of carbonyl (C=O) groups is 1. The first kappa shape index (κ1) is 19.9. The molecular weight excluding hydrogens is 301 g/mol. The third-order valence-electron chi connectivity index (χ3n) is 3.69. The van der Waals surface area contributed by atoms with E-state index in [1.807, 2.05) is 0 Å². The molecule has 2 aliphatic rings. The van der Waals surface area contributed by atoms with Crippen molar-refractivity contribution in [1.82, 2.24) is 15.5 Å². The summed E-state index contributed by atoms with van der Waals surface area (Å²) >= 11 is 0. The summed E-state index contributed by atoms with van der Waals surface area (Å²) in [6.07, 6.45) is 3.03. The van der Waals surface area contributed by atoms with Crippen LogP contribution in [0, 0.1) is 0 Å². The van der Waals surface area contributed by atoms with Gasteiger partial charge in [-0.15, -0.1) is 24.8 Å². The van der Waals surface area contributed by atoms with Gasteiger partial charge in [0.15, 0.2) is 0 Å². The molecule has 0 aliphatic carbocycles. The van der Waals surface area contributed by atoms with Crippen LogP contribution in [-0.4, -0.2) is 62.3 Å². The van der Waals surface area contributed by atoms with Gasteiger partial charge in [0.05, 0.1) is 6.61 Å². The molecule has 2 saturated heterocycles. The number of piperidine rings is 1. The minimum absolute atomic E-state index is 0. The van der Waals surface area contributed by atoms with E-state index in [4.69, 9.17) is 4.74 Å². The second-order valence-electron chi connectivity index (χ2n) is 5.19. The molecule has 0 spiro atoms. The molecule has 7 heteroatoms. The first-order chi connectivity index (χ1) is 8.79. The molecule has 5 nitrogen and oxygen atoms in total. The summed E-state index contributed by atoms with van der Waals surface area (Å²) in [6, 6.07) is 0.330. The zero-order chi connectivity index (χ0) is 12.8. The second kappa shape index (κ2) is 10.6. The molecule has 1 amide bonds. The van der Waals surface area contributed by atoms with Gasteiger partial charge in [0.25, 0.3) is 5.91 Å². The minimum atomic E-state index is -0.299. The lowest BCUT2D eigenvalue weighted by molar-refractivity contribution is -0.135. The zero-order valence-corrected chi connectivity index (χ0v) is 13.7. The molecule has 0 aromatic rings. The largest absolute Gasteiger partial charge is 0.366 e. The summed E-state index contributed by atoms with van der Waals surface area (Å²) in [7, 11) is 0. The van der Waals surface area contributed by atoms with Gasteiger partial charge in [-0.25, -0.2) is 0 Å². The van der Waals surface area contributed by atoms with Crippen molar-refractivity contribution >= 4 is 30.7 Å². The van der Waals surface area contributed by atoms with E-state index in [-0.39, 0.29) is 36.8 Å². The number of morpholine rings is 1. The molecule has 20 heavy (non-hydrogen) atoms. The van der Waals surface area contributed by atoms with Crippen molar-refractivity contribution in [2.45, 2.75) is 38.3 Å². The van der Waals surface area contributed by atoms with Crippen LogP contribution in [0.15, 0.2) is 0 Å². The smallest absolute Gasteiger partial charge is 0.250 e. The summed E-state index contributed by atoms with van der Waals surface area (Å²) in [6.45, 7) is 7.70. The van der Waals surface area contributed by atoms with E-state index in [1.165, 1.54) is 13.0 Å². The Morgan fingerprint density at radius 2 is 2.05 bits per heavy atom.